The summed E-state index contributed by atoms with van der Waals surface area (Å²) in [7, 11) is -4.25. The van der Waals surface area contributed by atoms with E-state index in [1.54, 1.807) is 13.0 Å². The average molecular weight is 697 g/mol. The van der Waals surface area contributed by atoms with Gasteiger partial charge in [-0.3, -0.25) is 4.90 Å². The molecule has 0 radical (unpaired) electrons. The van der Waals surface area contributed by atoms with Crippen LogP contribution in [0.25, 0.3) is 11.3 Å². The Morgan fingerprint density at radius 3 is 2.20 bits per heavy atom. The highest BCUT2D eigenvalue weighted by atomic mass is 32.2. The first kappa shape index (κ1) is 34.5. The van der Waals surface area contributed by atoms with E-state index in [4.69, 9.17) is 4.98 Å². The van der Waals surface area contributed by atoms with E-state index < -0.39 is 43.5 Å². The van der Waals surface area contributed by atoms with Crippen LogP contribution in [0.4, 0.5) is 28.2 Å². The van der Waals surface area contributed by atoms with Crippen LogP contribution in [0.5, 0.6) is 0 Å². The molecule has 49 heavy (non-hydrogen) atoms. The van der Waals surface area contributed by atoms with Gasteiger partial charge in [0.2, 0.25) is 0 Å². The van der Waals surface area contributed by atoms with E-state index in [0.717, 1.165) is 43.9 Å². The SMILES string of the molecule is C[C@@H]1CCC[N+]1(C(=O)NCc1cc(-c2ccc(C(F)(F)F)cc2)nc(N2CCN(Cc3ccccc3)CC2)c1)S(=O)(=O)c1ccc(F)cc1. The molecule has 6 rings (SSSR count). The number of alkyl halides is 3. The van der Waals surface area contributed by atoms with Crippen molar-refractivity contribution < 1.29 is 34.7 Å². The number of amides is 2. The van der Waals surface area contributed by atoms with Gasteiger partial charge in [0.25, 0.3) is 0 Å². The molecule has 13 heteroatoms. The maximum Gasteiger partial charge on any atom is 0.432 e. The number of hydrogen-bond acceptors (Lipinski definition) is 6. The number of nitrogens with one attached hydrogen (secondary N) is 1. The summed E-state index contributed by atoms with van der Waals surface area (Å²) >= 11 is 0. The summed E-state index contributed by atoms with van der Waals surface area (Å²) in [5.41, 5.74) is 1.96. The molecule has 2 aliphatic rings. The Balaban J connectivity index is 1.27. The number of carbonyl (C=O) groups is 1. The van der Waals surface area contributed by atoms with Crippen molar-refractivity contribution in [1.29, 1.82) is 0 Å². The molecule has 2 atom stereocenters. The Kier molecular flexibility index (Phi) is 9.79. The summed E-state index contributed by atoms with van der Waals surface area (Å²) < 4.78 is 80.7. The summed E-state index contributed by atoms with van der Waals surface area (Å²) in [6.07, 6.45) is -3.45. The molecule has 8 nitrogen and oxygen atoms in total. The van der Waals surface area contributed by atoms with Gasteiger partial charge in [0, 0.05) is 57.7 Å². The lowest BCUT2D eigenvalue weighted by Gasteiger charge is -2.36. The summed E-state index contributed by atoms with van der Waals surface area (Å²) in [5.74, 6) is 0.0257. The largest absolute Gasteiger partial charge is 0.432 e. The number of hydrogen-bond donors (Lipinski definition) is 1. The normalized spacial score (nSPS) is 20.3. The molecule has 2 fully saturated rings. The lowest BCUT2D eigenvalue weighted by Crippen LogP contribution is -2.62. The fourth-order valence-corrected chi connectivity index (χ4v) is 8.80. The highest BCUT2D eigenvalue weighted by Crippen LogP contribution is 2.36. The van der Waals surface area contributed by atoms with Gasteiger partial charge in [-0.1, -0.05) is 42.5 Å². The van der Waals surface area contributed by atoms with Crippen LogP contribution in [-0.2, 0) is 29.3 Å². The number of urea groups is 1. The molecule has 0 aliphatic carbocycles. The molecular formula is C36H38F4N5O3S+. The van der Waals surface area contributed by atoms with E-state index in [1.165, 1.54) is 29.8 Å². The van der Waals surface area contributed by atoms with Crippen molar-refractivity contribution in [1.82, 2.24) is 15.2 Å². The van der Waals surface area contributed by atoms with Gasteiger partial charge in [0.05, 0.1) is 11.3 Å². The second-order valence-electron chi connectivity index (χ2n) is 12.6. The molecule has 0 saturated carbocycles. The Labute approximate surface area is 283 Å². The summed E-state index contributed by atoms with van der Waals surface area (Å²) in [5, 5.41) is 2.85. The highest BCUT2D eigenvalue weighted by Gasteiger charge is 2.56. The van der Waals surface area contributed by atoms with Gasteiger partial charge in [0.1, 0.15) is 29.1 Å². The third-order valence-electron chi connectivity index (χ3n) is 9.48. The van der Waals surface area contributed by atoms with Crippen LogP contribution >= 0.6 is 0 Å². The number of nitrogens with zero attached hydrogens (tertiary/aromatic N) is 4. The molecule has 0 bridgehead atoms. The number of pyridine rings is 1. The maximum absolute atomic E-state index is 14.0. The molecular weight excluding hydrogens is 658 g/mol. The first-order chi connectivity index (χ1) is 23.4. The van der Waals surface area contributed by atoms with Gasteiger partial charge in [0.15, 0.2) is 0 Å². The number of sulfonamides is 1. The van der Waals surface area contributed by atoms with Gasteiger partial charge in [-0.25, -0.2) is 14.2 Å². The molecule has 2 amide bonds. The Bertz CT molecular complexity index is 1880. The predicted molar refractivity (Wildman–Crippen MR) is 178 cm³/mol. The first-order valence-electron chi connectivity index (χ1n) is 16.2. The molecule has 1 N–H and O–H groups in total. The minimum Gasteiger partial charge on any atom is -0.354 e. The smallest absolute Gasteiger partial charge is 0.354 e. The van der Waals surface area contributed by atoms with Crippen LogP contribution in [0, 0.1) is 5.82 Å². The fraction of sp³-hybridized carbons (Fsp3) is 0.333. The maximum atomic E-state index is 14.0. The third-order valence-corrected chi connectivity index (χ3v) is 11.9. The van der Waals surface area contributed by atoms with Crippen molar-refractivity contribution >= 4 is 21.9 Å². The zero-order valence-electron chi connectivity index (χ0n) is 27.0. The molecule has 0 spiro atoms. The van der Waals surface area contributed by atoms with Crippen molar-refractivity contribution in [2.45, 2.75) is 50.0 Å². The van der Waals surface area contributed by atoms with Crippen molar-refractivity contribution in [2.24, 2.45) is 0 Å². The third kappa shape index (κ3) is 7.19. The first-order valence-corrected chi connectivity index (χ1v) is 17.7. The van der Waals surface area contributed by atoms with Gasteiger partial charge in [-0.2, -0.15) is 21.6 Å². The summed E-state index contributed by atoms with van der Waals surface area (Å²) in [6, 6.07) is 21.7. The number of likely N-dealkylation sites (tertiary alicyclic amines) is 1. The van der Waals surface area contributed by atoms with Crippen LogP contribution in [0.3, 0.4) is 0 Å². The second-order valence-corrected chi connectivity index (χ2v) is 14.7. The number of benzene rings is 3. The number of halogens is 4. The Morgan fingerprint density at radius 1 is 0.918 bits per heavy atom. The van der Waals surface area contributed by atoms with Crippen LogP contribution in [0.1, 0.15) is 36.5 Å². The van der Waals surface area contributed by atoms with Gasteiger partial charge in [-0.15, -0.1) is 3.89 Å². The number of aromatic nitrogens is 1. The predicted octanol–water partition coefficient (Wildman–Crippen LogP) is 6.83. The number of piperazine rings is 1. The van der Waals surface area contributed by atoms with E-state index in [1.807, 2.05) is 24.3 Å². The molecule has 1 unspecified atom stereocenters. The number of anilines is 1. The van der Waals surface area contributed by atoms with Crippen molar-refractivity contribution in [2.75, 3.05) is 37.6 Å². The monoisotopic (exact) mass is 696 g/mol. The molecule has 2 saturated heterocycles. The van der Waals surface area contributed by atoms with Crippen molar-refractivity contribution in [3.8, 4) is 11.3 Å². The topological polar surface area (TPSA) is 82.6 Å². The number of quaternary nitrogens is 1. The minimum atomic E-state index is -4.48. The molecule has 2 aliphatic heterocycles. The van der Waals surface area contributed by atoms with Crippen molar-refractivity contribution in [3.63, 3.8) is 0 Å². The van der Waals surface area contributed by atoms with E-state index in [9.17, 15) is 30.8 Å². The zero-order chi connectivity index (χ0) is 34.8. The van der Waals surface area contributed by atoms with Gasteiger partial charge in [-0.05, 0) is 66.6 Å². The number of rotatable bonds is 8. The molecule has 1 aromatic heterocycles. The quantitative estimate of drug-likeness (QED) is 0.161. The van der Waals surface area contributed by atoms with E-state index in [-0.39, 0.29) is 18.0 Å². The van der Waals surface area contributed by atoms with E-state index in [2.05, 4.69) is 27.2 Å². The van der Waals surface area contributed by atoms with Crippen molar-refractivity contribution in [3.05, 3.63) is 114 Å². The molecule has 3 heterocycles. The van der Waals surface area contributed by atoms with E-state index >= 15 is 0 Å². The summed E-state index contributed by atoms with van der Waals surface area (Å²) in [4.78, 5) is 23.1. The van der Waals surface area contributed by atoms with Gasteiger partial charge >= 0.3 is 22.2 Å². The van der Waals surface area contributed by atoms with Gasteiger partial charge < -0.3 is 10.2 Å². The minimum absolute atomic E-state index is 0.0401. The Morgan fingerprint density at radius 2 is 1.59 bits per heavy atom. The second kappa shape index (κ2) is 13.9. The fourth-order valence-electron chi connectivity index (χ4n) is 6.71. The van der Waals surface area contributed by atoms with Crippen LogP contribution in [0.15, 0.2) is 95.9 Å². The average Bonchev–Trinajstić information content (AvgIpc) is 3.50. The summed E-state index contributed by atoms with van der Waals surface area (Å²) in [6.45, 7) is 5.42. The van der Waals surface area contributed by atoms with Crippen LogP contribution in [-0.4, -0.2) is 67.0 Å². The number of carbonyl (C=O) groups excluding carboxylic acids is 1. The van der Waals surface area contributed by atoms with Crippen LogP contribution < -0.4 is 10.2 Å². The lowest BCUT2D eigenvalue weighted by atomic mass is 10.1. The zero-order valence-corrected chi connectivity index (χ0v) is 27.9. The van der Waals surface area contributed by atoms with Crippen LogP contribution in [0.2, 0.25) is 0 Å². The highest BCUT2D eigenvalue weighted by molar-refractivity contribution is 7.86. The standard InChI is InChI=1S/C36H37F4N5O3S/c1-26-6-5-21-45(26,49(47,48)32-15-13-31(37)14-16-32)35(46)41-24-28-22-33(29-9-11-30(12-10-29)36(38,39)40)42-34(23-28)44-19-17-43(18-20-44)25-27-7-3-2-4-8-27/h2-4,7-16,22-23,26H,5-6,17-21,24-25H2,1H3/p+1/t26-,45?/m1/s1. The van der Waals surface area contributed by atoms with E-state index in [0.29, 0.717) is 48.6 Å². The molecule has 4 aromatic rings. The lowest BCUT2D eigenvalue weighted by molar-refractivity contribution is -0.733. The molecule has 258 valence electrons. The Hall–Kier alpha value is -4.33. The molecule has 3 aromatic carbocycles.